The predicted octanol–water partition coefficient (Wildman–Crippen LogP) is 13.2. The zero-order chi connectivity index (χ0) is 44.7. The standard InChI is InChI=1S/C38H31N2O.C13H12N.Ir/c1-25(2)20-27-18-19-30-33(24-41-36(30)23-27)38-39-34-16-10-11-17-35(34)40(38)37-31(28-12-6-4-7-13-28)21-26(3)22-32(37)29-14-8-5-9-15-29;1-10-3-6-12(7-4-10)13-8-5-11(2)9-14-13;/h4-19,21-23,25H,20H2,1-3H3;3-6,8-9H,1-2H3;/q2*-1;/i20D2;1D3,2D3;. The maximum Gasteiger partial charge on any atom is 0.0774 e. The topological polar surface area (TPSA) is 43.9 Å². The molecule has 0 amide bonds. The maximum atomic E-state index is 8.61. The summed E-state index contributed by atoms with van der Waals surface area (Å²) in [7, 11) is 0. The second kappa shape index (κ2) is 16.9. The van der Waals surface area contributed by atoms with Gasteiger partial charge in [-0.05, 0) is 78.3 Å². The normalized spacial score (nSPS) is 13.9. The summed E-state index contributed by atoms with van der Waals surface area (Å²) in [5, 5.41) is 0.842. The number of imidazole rings is 1. The summed E-state index contributed by atoms with van der Waals surface area (Å²) in [4.78, 5) is 9.25. The third kappa shape index (κ3) is 8.07. The van der Waals surface area contributed by atoms with Gasteiger partial charge in [0.15, 0.2) is 0 Å². The van der Waals surface area contributed by atoms with Crippen molar-refractivity contribution >= 4 is 22.0 Å². The molecule has 0 aliphatic rings. The van der Waals surface area contributed by atoms with E-state index >= 15 is 0 Å². The van der Waals surface area contributed by atoms with Gasteiger partial charge in [-0.3, -0.25) is 4.98 Å². The minimum absolute atomic E-state index is 0. The first-order valence-electron chi connectivity index (χ1n) is 22.2. The molecule has 0 bridgehead atoms. The van der Waals surface area contributed by atoms with Crippen LogP contribution in [0.2, 0.25) is 0 Å². The van der Waals surface area contributed by atoms with Crippen LogP contribution in [0.5, 0.6) is 0 Å². The number of hydrogen-bond acceptors (Lipinski definition) is 3. The summed E-state index contributed by atoms with van der Waals surface area (Å²) < 4.78 is 69.1. The monoisotopic (exact) mass is 914 g/mol. The van der Waals surface area contributed by atoms with E-state index in [0.29, 0.717) is 22.4 Å². The number of fused-ring (bicyclic) bond motifs is 2. The molecule has 56 heavy (non-hydrogen) atoms. The van der Waals surface area contributed by atoms with Gasteiger partial charge in [0.05, 0.1) is 22.5 Å². The molecular weight excluding hydrogens is 863 g/mol. The largest absolute Gasteiger partial charge is 0.557 e. The number of nitrogens with zero attached hydrogens (tertiary/aromatic N) is 3. The Morgan fingerprint density at radius 2 is 1.43 bits per heavy atom. The summed E-state index contributed by atoms with van der Waals surface area (Å²) in [6.45, 7) is 1.58. The number of aryl methyl sites for hydroxylation is 3. The molecule has 0 saturated heterocycles. The van der Waals surface area contributed by atoms with Gasteiger partial charge in [-0.15, -0.1) is 41.5 Å². The fourth-order valence-electron chi connectivity index (χ4n) is 6.82. The van der Waals surface area contributed by atoms with Crippen LogP contribution in [-0.4, -0.2) is 14.5 Å². The zero-order valence-electron chi connectivity index (χ0n) is 39.1. The number of rotatable bonds is 7. The minimum atomic E-state index is -2.18. The molecule has 9 rings (SSSR count). The van der Waals surface area contributed by atoms with Crippen molar-refractivity contribution < 1.29 is 35.5 Å². The van der Waals surface area contributed by atoms with Crippen molar-refractivity contribution in [1.82, 2.24) is 14.5 Å². The molecule has 0 N–H and O–H groups in total. The van der Waals surface area contributed by atoms with Crippen molar-refractivity contribution in [3.05, 3.63) is 186 Å². The molecule has 6 aromatic carbocycles. The number of pyridine rings is 1. The van der Waals surface area contributed by atoms with Gasteiger partial charge in [0.2, 0.25) is 0 Å². The molecule has 5 heteroatoms. The van der Waals surface area contributed by atoms with Crippen LogP contribution >= 0.6 is 0 Å². The van der Waals surface area contributed by atoms with Crippen molar-refractivity contribution in [3.8, 4) is 50.6 Å². The third-order valence-electron chi connectivity index (χ3n) is 9.25. The van der Waals surface area contributed by atoms with Crippen LogP contribution in [0.4, 0.5) is 0 Å². The van der Waals surface area contributed by atoms with Gasteiger partial charge in [0, 0.05) is 60.2 Å². The fraction of sp³-hybridized carbons (Fsp3) is 0.137. The van der Waals surface area contributed by atoms with Crippen LogP contribution in [0.3, 0.4) is 0 Å². The summed E-state index contributed by atoms with van der Waals surface area (Å²) >= 11 is 0. The van der Waals surface area contributed by atoms with E-state index in [1.54, 1.807) is 18.2 Å². The van der Waals surface area contributed by atoms with Gasteiger partial charge < -0.3 is 14.0 Å². The van der Waals surface area contributed by atoms with E-state index in [4.69, 9.17) is 20.4 Å². The number of furan rings is 1. The average molecular weight is 914 g/mol. The second-order valence-corrected chi connectivity index (χ2v) is 13.7. The van der Waals surface area contributed by atoms with E-state index in [1.807, 2.05) is 56.3 Å². The van der Waals surface area contributed by atoms with Crippen LogP contribution in [-0.2, 0) is 26.5 Å². The molecule has 279 valence electrons. The van der Waals surface area contributed by atoms with Gasteiger partial charge in [0.1, 0.15) is 0 Å². The quantitative estimate of drug-likeness (QED) is 0.150. The maximum absolute atomic E-state index is 8.61. The molecule has 4 nitrogen and oxygen atoms in total. The van der Waals surface area contributed by atoms with Gasteiger partial charge in [-0.25, -0.2) is 0 Å². The van der Waals surface area contributed by atoms with E-state index in [0.717, 1.165) is 55.7 Å². The van der Waals surface area contributed by atoms with Crippen molar-refractivity contribution in [3.63, 3.8) is 0 Å². The number of aromatic nitrogens is 3. The van der Waals surface area contributed by atoms with Crippen LogP contribution < -0.4 is 0 Å². The average Bonchev–Trinajstić information content (AvgIpc) is 3.88. The first-order valence-corrected chi connectivity index (χ1v) is 18.2. The second-order valence-electron chi connectivity index (χ2n) is 13.7. The molecule has 3 aromatic heterocycles. The van der Waals surface area contributed by atoms with Crippen LogP contribution in [0.25, 0.3) is 72.6 Å². The number of para-hydroxylation sites is 2. The van der Waals surface area contributed by atoms with Gasteiger partial charge in [0.25, 0.3) is 0 Å². The molecule has 3 heterocycles. The summed E-state index contributed by atoms with van der Waals surface area (Å²) in [5.41, 5.74) is 11.9. The Kier molecular flexibility index (Phi) is 8.86. The Morgan fingerprint density at radius 1 is 0.750 bits per heavy atom. The van der Waals surface area contributed by atoms with Crippen LogP contribution in [0.1, 0.15) is 47.1 Å². The van der Waals surface area contributed by atoms with E-state index < -0.39 is 20.1 Å². The van der Waals surface area contributed by atoms with E-state index in [2.05, 4.69) is 95.5 Å². The Balaban J connectivity index is 0.000000246. The summed E-state index contributed by atoms with van der Waals surface area (Å²) in [6, 6.07) is 49.7. The first kappa shape index (κ1) is 29.4. The fourth-order valence-corrected chi connectivity index (χ4v) is 6.82. The minimum Gasteiger partial charge on any atom is -0.557 e. The van der Waals surface area contributed by atoms with E-state index in [9.17, 15) is 0 Å². The van der Waals surface area contributed by atoms with Crippen molar-refractivity contribution in [2.45, 2.75) is 40.8 Å². The molecule has 0 spiro atoms. The van der Waals surface area contributed by atoms with Crippen molar-refractivity contribution in [2.24, 2.45) is 5.92 Å². The Morgan fingerprint density at radius 3 is 2.05 bits per heavy atom. The summed E-state index contributed by atoms with van der Waals surface area (Å²) in [6.07, 6.45) is 2.98. The van der Waals surface area contributed by atoms with Gasteiger partial charge in [-0.1, -0.05) is 134 Å². The number of benzene rings is 6. The molecule has 0 aliphatic heterocycles. The first-order chi connectivity index (χ1) is 30.0. The number of hydrogen-bond donors (Lipinski definition) is 0. The van der Waals surface area contributed by atoms with Gasteiger partial charge >= 0.3 is 0 Å². The van der Waals surface area contributed by atoms with E-state index in [-0.39, 0.29) is 37.2 Å². The Bertz CT molecular complexity index is 2920. The molecule has 0 unspecified atom stereocenters. The van der Waals surface area contributed by atoms with Crippen LogP contribution in [0, 0.1) is 38.9 Å². The predicted molar refractivity (Wildman–Crippen MR) is 227 cm³/mol. The molecule has 0 fully saturated rings. The molecule has 0 saturated carbocycles. The SMILES string of the molecule is [2H]C([2H])([2H])c1c[c-]c(-c2ccc(C([2H])([2H])[2H])cn2)cc1.[2H]C([2H])(c1ccc2c(-c3nc4ccccc4n3-c3c(-c4ccccc4)cc(C)cc3-c3ccccc3)[c-]oc2c1)C(C)C.[Ir]. The van der Waals surface area contributed by atoms with Gasteiger partial charge in [-0.2, -0.15) is 0 Å². The Labute approximate surface area is 354 Å². The summed E-state index contributed by atoms with van der Waals surface area (Å²) in [5.74, 6) is 0.541. The molecule has 9 aromatic rings. The van der Waals surface area contributed by atoms with Crippen molar-refractivity contribution in [1.29, 1.82) is 0 Å². The van der Waals surface area contributed by atoms with E-state index in [1.165, 1.54) is 30.0 Å². The molecular formula is C51H43IrN3O-2. The zero-order valence-corrected chi connectivity index (χ0v) is 33.5. The van der Waals surface area contributed by atoms with Crippen molar-refractivity contribution in [2.75, 3.05) is 0 Å². The molecule has 0 aliphatic carbocycles. The smallest absolute Gasteiger partial charge is 0.0774 e. The Hall–Kier alpha value is -5.87. The third-order valence-corrected chi connectivity index (χ3v) is 9.25. The van der Waals surface area contributed by atoms with Crippen LogP contribution in [0.15, 0.2) is 156 Å². The molecule has 1 radical (unpaired) electrons. The molecule has 0 atom stereocenters.